The predicted octanol–water partition coefficient (Wildman–Crippen LogP) is 2.28. The van der Waals surface area contributed by atoms with Gasteiger partial charge in [0.1, 0.15) is 5.70 Å². The van der Waals surface area contributed by atoms with Crippen molar-refractivity contribution in [3.8, 4) is 0 Å². The molecule has 0 bridgehead atoms. The minimum absolute atomic E-state index is 0.218. The van der Waals surface area contributed by atoms with Gasteiger partial charge >= 0.3 is 0 Å². The Morgan fingerprint density at radius 3 is 2.24 bits per heavy atom. The molecule has 2 aliphatic heterocycles. The van der Waals surface area contributed by atoms with E-state index in [1.54, 1.807) is 12.1 Å². The average Bonchev–Trinajstić information content (AvgIpc) is 3.23. The summed E-state index contributed by atoms with van der Waals surface area (Å²) in [4.78, 5) is 32.8. The van der Waals surface area contributed by atoms with Gasteiger partial charge in [-0.05, 0) is 30.6 Å². The Balaban J connectivity index is 1.78. The van der Waals surface area contributed by atoms with E-state index in [1.165, 1.54) is 16.2 Å². The van der Waals surface area contributed by atoms with Crippen LogP contribution in [0, 0.1) is 0 Å². The molecule has 4 rings (SSSR count). The van der Waals surface area contributed by atoms with Gasteiger partial charge in [0.05, 0.1) is 11.3 Å². The number of rotatable bonds is 3. The van der Waals surface area contributed by atoms with Crippen LogP contribution in [0.3, 0.4) is 0 Å². The van der Waals surface area contributed by atoms with E-state index in [0.717, 1.165) is 31.1 Å². The van der Waals surface area contributed by atoms with Crippen LogP contribution in [0.5, 0.6) is 0 Å². The number of hydrogen-bond acceptors (Lipinski definition) is 5. The summed E-state index contributed by atoms with van der Waals surface area (Å²) in [6, 6.07) is 13.0. The first-order valence-corrected chi connectivity index (χ1v) is 9.20. The Morgan fingerprint density at radius 1 is 0.880 bits per heavy atom. The molecule has 0 radical (unpaired) electrons. The fourth-order valence-electron chi connectivity index (χ4n) is 3.30. The van der Waals surface area contributed by atoms with Gasteiger partial charge in [0.15, 0.2) is 0 Å². The fourth-order valence-corrected chi connectivity index (χ4v) is 4.06. The second kappa shape index (κ2) is 6.46. The molecule has 0 spiro atoms. The third-order valence-electron chi connectivity index (χ3n) is 4.66. The molecule has 5 nitrogen and oxygen atoms in total. The lowest BCUT2D eigenvalue weighted by molar-refractivity contribution is -0.120. The lowest BCUT2D eigenvalue weighted by Gasteiger charge is -2.34. The van der Waals surface area contributed by atoms with Crippen LogP contribution in [0.1, 0.15) is 4.88 Å². The molecule has 6 heteroatoms. The number of hydrogen-bond donors (Lipinski definition) is 0. The maximum absolute atomic E-state index is 13.2. The van der Waals surface area contributed by atoms with Crippen LogP contribution in [-0.2, 0) is 9.59 Å². The number of nitrogens with zero attached hydrogens (tertiary/aromatic N) is 3. The minimum Gasteiger partial charge on any atom is -0.364 e. The highest BCUT2D eigenvalue weighted by Gasteiger charge is 2.43. The van der Waals surface area contributed by atoms with Crippen LogP contribution in [0.25, 0.3) is 5.57 Å². The molecule has 25 heavy (non-hydrogen) atoms. The average molecular weight is 353 g/mol. The Morgan fingerprint density at radius 2 is 1.60 bits per heavy atom. The summed E-state index contributed by atoms with van der Waals surface area (Å²) in [5, 5.41) is 1.94. The van der Waals surface area contributed by atoms with Crippen LogP contribution in [-0.4, -0.2) is 54.8 Å². The zero-order valence-corrected chi connectivity index (χ0v) is 14.8. The number of anilines is 1. The fraction of sp³-hybridized carbons (Fsp3) is 0.263. The molecular formula is C19H19N3O2S. The molecule has 0 atom stereocenters. The zero-order chi connectivity index (χ0) is 17.4. The highest BCUT2D eigenvalue weighted by molar-refractivity contribution is 7.11. The van der Waals surface area contributed by atoms with Crippen molar-refractivity contribution in [1.82, 2.24) is 9.80 Å². The Labute approximate surface area is 150 Å². The first kappa shape index (κ1) is 16.1. The maximum Gasteiger partial charge on any atom is 0.282 e. The number of benzene rings is 1. The monoisotopic (exact) mass is 353 g/mol. The summed E-state index contributed by atoms with van der Waals surface area (Å²) in [6.07, 6.45) is 0. The van der Waals surface area contributed by atoms with Gasteiger partial charge in [0.2, 0.25) is 0 Å². The number of para-hydroxylation sites is 1. The number of carbonyl (C=O) groups excluding carboxylic acids is 2. The first-order valence-electron chi connectivity index (χ1n) is 8.32. The number of carbonyl (C=O) groups is 2. The molecule has 2 aromatic rings. The highest BCUT2D eigenvalue weighted by Crippen LogP contribution is 2.36. The van der Waals surface area contributed by atoms with Crippen molar-refractivity contribution in [2.45, 2.75) is 0 Å². The van der Waals surface area contributed by atoms with Crippen molar-refractivity contribution < 1.29 is 9.59 Å². The summed E-state index contributed by atoms with van der Waals surface area (Å²) in [5.74, 6) is -0.447. The number of thiophene rings is 1. The van der Waals surface area contributed by atoms with E-state index < -0.39 is 0 Å². The lowest BCUT2D eigenvalue weighted by Crippen LogP contribution is -2.46. The topological polar surface area (TPSA) is 43.9 Å². The van der Waals surface area contributed by atoms with E-state index in [1.807, 2.05) is 35.7 Å². The Kier molecular flexibility index (Phi) is 4.15. The third kappa shape index (κ3) is 2.77. The summed E-state index contributed by atoms with van der Waals surface area (Å²) >= 11 is 1.50. The van der Waals surface area contributed by atoms with E-state index in [0.29, 0.717) is 17.0 Å². The largest absolute Gasteiger partial charge is 0.364 e. The van der Waals surface area contributed by atoms with Gasteiger partial charge in [0, 0.05) is 31.1 Å². The molecule has 1 aromatic heterocycles. The number of imide groups is 1. The van der Waals surface area contributed by atoms with Gasteiger partial charge in [-0.15, -0.1) is 11.3 Å². The second-order valence-electron chi connectivity index (χ2n) is 6.27. The van der Waals surface area contributed by atoms with Crippen LogP contribution >= 0.6 is 11.3 Å². The zero-order valence-electron chi connectivity index (χ0n) is 14.0. The highest BCUT2D eigenvalue weighted by atomic mass is 32.1. The van der Waals surface area contributed by atoms with Crippen molar-refractivity contribution in [3.05, 3.63) is 58.4 Å². The van der Waals surface area contributed by atoms with E-state index in [9.17, 15) is 9.59 Å². The molecule has 0 unspecified atom stereocenters. The van der Waals surface area contributed by atoms with Crippen molar-refractivity contribution >= 4 is 34.4 Å². The van der Waals surface area contributed by atoms with Gasteiger partial charge in [0.25, 0.3) is 11.8 Å². The molecule has 1 saturated heterocycles. The molecule has 0 aliphatic carbocycles. The van der Waals surface area contributed by atoms with Gasteiger partial charge < -0.3 is 9.80 Å². The van der Waals surface area contributed by atoms with Crippen molar-refractivity contribution in [1.29, 1.82) is 0 Å². The van der Waals surface area contributed by atoms with E-state index in [4.69, 9.17) is 0 Å². The molecule has 2 aliphatic rings. The summed E-state index contributed by atoms with van der Waals surface area (Å²) in [7, 11) is 2.07. The smallest absolute Gasteiger partial charge is 0.282 e. The standard InChI is InChI=1S/C19H19N3O2S/c1-20-9-11-21(12-10-20)17-16(15-8-5-13-25-15)18(23)22(19(17)24)14-6-3-2-4-7-14/h2-8,13H,9-12H2,1H3. The molecule has 0 N–H and O–H groups in total. The molecule has 3 heterocycles. The molecule has 1 fully saturated rings. The molecule has 0 saturated carbocycles. The maximum atomic E-state index is 13.2. The third-order valence-corrected chi connectivity index (χ3v) is 5.55. The van der Waals surface area contributed by atoms with Gasteiger partial charge in [-0.25, -0.2) is 4.90 Å². The number of likely N-dealkylation sites (N-methyl/N-ethyl adjacent to an activating group) is 1. The SMILES string of the molecule is CN1CCN(C2=C(c3cccs3)C(=O)N(c3ccccc3)C2=O)CC1. The van der Waals surface area contributed by atoms with Crippen LogP contribution < -0.4 is 4.90 Å². The Hall–Kier alpha value is -2.44. The van der Waals surface area contributed by atoms with Crippen molar-refractivity contribution in [3.63, 3.8) is 0 Å². The quantitative estimate of drug-likeness (QED) is 0.794. The van der Waals surface area contributed by atoms with Crippen LogP contribution in [0.2, 0.25) is 0 Å². The van der Waals surface area contributed by atoms with E-state index >= 15 is 0 Å². The Bertz CT molecular complexity index is 822. The minimum atomic E-state index is -0.229. The first-order chi connectivity index (χ1) is 12.2. The second-order valence-corrected chi connectivity index (χ2v) is 7.22. The number of piperazine rings is 1. The van der Waals surface area contributed by atoms with Gasteiger partial charge in [-0.3, -0.25) is 9.59 Å². The lowest BCUT2D eigenvalue weighted by atomic mass is 10.1. The van der Waals surface area contributed by atoms with E-state index in [2.05, 4.69) is 16.8 Å². The van der Waals surface area contributed by atoms with E-state index in [-0.39, 0.29) is 11.8 Å². The summed E-state index contributed by atoms with van der Waals surface area (Å²) < 4.78 is 0. The van der Waals surface area contributed by atoms with Crippen LogP contribution in [0.15, 0.2) is 53.5 Å². The normalized spacial score (nSPS) is 19.2. The summed E-state index contributed by atoms with van der Waals surface area (Å²) in [5.41, 5.74) is 1.70. The predicted molar refractivity (Wildman–Crippen MR) is 99.2 cm³/mol. The van der Waals surface area contributed by atoms with Crippen LogP contribution in [0.4, 0.5) is 5.69 Å². The molecule has 128 valence electrons. The molecule has 1 aromatic carbocycles. The molecule has 2 amide bonds. The summed E-state index contributed by atoms with van der Waals surface area (Å²) in [6.45, 7) is 3.27. The number of amides is 2. The van der Waals surface area contributed by atoms with Gasteiger partial charge in [-0.2, -0.15) is 0 Å². The molecular weight excluding hydrogens is 334 g/mol. The van der Waals surface area contributed by atoms with Crippen molar-refractivity contribution in [2.24, 2.45) is 0 Å². The van der Waals surface area contributed by atoms with Gasteiger partial charge in [-0.1, -0.05) is 24.3 Å². The van der Waals surface area contributed by atoms with Crippen molar-refractivity contribution in [2.75, 3.05) is 38.1 Å².